The maximum absolute atomic E-state index is 11.7. The van der Waals surface area contributed by atoms with E-state index in [9.17, 15) is 8.42 Å². The molecule has 1 aliphatic heterocycles. The second-order valence-corrected chi connectivity index (χ2v) is 6.30. The van der Waals surface area contributed by atoms with Crippen LogP contribution < -0.4 is 15.2 Å². The number of rotatable bonds is 5. The molecular formula is C12H18N2O4S. The highest BCUT2D eigenvalue weighted by atomic mass is 32.2. The van der Waals surface area contributed by atoms with Crippen LogP contribution in [0.15, 0.2) is 23.1 Å². The molecule has 6 nitrogen and oxygen atoms in total. The lowest BCUT2D eigenvalue weighted by Crippen LogP contribution is -2.20. The van der Waals surface area contributed by atoms with E-state index >= 15 is 0 Å². The Bertz CT molecular complexity index is 539. The summed E-state index contributed by atoms with van der Waals surface area (Å²) in [5.41, 5.74) is 5.92. The Morgan fingerprint density at radius 3 is 2.89 bits per heavy atom. The van der Waals surface area contributed by atoms with Gasteiger partial charge >= 0.3 is 0 Å². The summed E-state index contributed by atoms with van der Waals surface area (Å²) in [4.78, 5) is 0.0616. The second kappa shape index (κ2) is 5.77. The third-order valence-electron chi connectivity index (χ3n) is 3.05. The molecule has 1 aromatic carbocycles. The van der Waals surface area contributed by atoms with Gasteiger partial charge in [0.25, 0.3) is 0 Å². The van der Waals surface area contributed by atoms with Crippen LogP contribution in [0.3, 0.4) is 0 Å². The van der Waals surface area contributed by atoms with Crippen LogP contribution in [0.1, 0.15) is 6.42 Å². The zero-order chi connectivity index (χ0) is 13.9. The standard InChI is InChI=1S/C12H18N2O4S/c1-14-19(15,16)12-3-2-10(6-11(12)13)18-8-9-4-5-17-7-9/h2-3,6,9,14H,4-5,7-8,13H2,1H3. The van der Waals surface area contributed by atoms with Gasteiger partial charge in [0.2, 0.25) is 10.0 Å². The molecule has 106 valence electrons. The molecule has 1 aliphatic rings. The maximum Gasteiger partial charge on any atom is 0.242 e. The summed E-state index contributed by atoms with van der Waals surface area (Å²) in [5, 5.41) is 0. The maximum atomic E-state index is 11.7. The zero-order valence-electron chi connectivity index (χ0n) is 10.8. The first-order chi connectivity index (χ1) is 9.03. The van der Waals surface area contributed by atoms with E-state index in [1.54, 1.807) is 6.07 Å². The largest absolute Gasteiger partial charge is 0.493 e. The van der Waals surface area contributed by atoms with Gasteiger partial charge in [-0.2, -0.15) is 0 Å². The summed E-state index contributed by atoms with van der Waals surface area (Å²) in [6, 6.07) is 4.58. The number of hydrogen-bond acceptors (Lipinski definition) is 5. The van der Waals surface area contributed by atoms with E-state index in [0.717, 1.165) is 13.0 Å². The predicted molar refractivity (Wildman–Crippen MR) is 71.5 cm³/mol. The number of nitrogens with two attached hydrogens (primary N) is 1. The highest BCUT2D eigenvalue weighted by Gasteiger charge is 2.18. The first-order valence-corrected chi connectivity index (χ1v) is 7.55. The molecule has 0 radical (unpaired) electrons. The molecule has 0 bridgehead atoms. The Balaban J connectivity index is 2.06. The van der Waals surface area contributed by atoms with Crippen LogP contribution in [0.25, 0.3) is 0 Å². The minimum Gasteiger partial charge on any atom is -0.493 e. The molecule has 0 amide bonds. The van der Waals surface area contributed by atoms with Gasteiger partial charge in [0.15, 0.2) is 0 Å². The van der Waals surface area contributed by atoms with E-state index in [0.29, 0.717) is 24.9 Å². The Kier molecular flexibility index (Phi) is 4.28. The second-order valence-electron chi connectivity index (χ2n) is 4.45. The van der Waals surface area contributed by atoms with Gasteiger partial charge in [-0.3, -0.25) is 0 Å². The summed E-state index contributed by atoms with van der Waals surface area (Å²) in [6.45, 7) is 2.04. The van der Waals surface area contributed by atoms with Crippen molar-refractivity contribution >= 4 is 15.7 Å². The Hall–Kier alpha value is -1.31. The van der Waals surface area contributed by atoms with Gasteiger partial charge in [0.1, 0.15) is 10.6 Å². The van der Waals surface area contributed by atoms with Crippen molar-refractivity contribution in [3.8, 4) is 5.75 Å². The molecule has 1 unspecified atom stereocenters. The van der Waals surface area contributed by atoms with Crippen molar-refractivity contribution in [1.82, 2.24) is 4.72 Å². The Labute approximate surface area is 112 Å². The topological polar surface area (TPSA) is 90.7 Å². The van der Waals surface area contributed by atoms with E-state index in [-0.39, 0.29) is 10.6 Å². The van der Waals surface area contributed by atoms with Crippen LogP contribution >= 0.6 is 0 Å². The molecule has 0 saturated carbocycles. The van der Waals surface area contributed by atoms with Gasteiger partial charge in [-0.05, 0) is 25.6 Å². The number of hydrogen-bond donors (Lipinski definition) is 2. The van der Waals surface area contributed by atoms with E-state index in [1.807, 2.05) is 0 Å². The number of anilines is 1. The van der Waals surface area contributed by atoms with E-state index in [2.05, 4.69) is 4.72 Å². The van der Waals surface area contributed by atoms with Crippen LogP contribution in [-0.4, -0.2) is 35.3 Å². The molecule has 0 aromatic heterocycles. The molecule has 1 fully saturated rings. The van der Waals surface area contributed by atoms with Crippen molar-refractivity contribution in [3.05, 3.63) is 18.2 Å². The van der Waals surface area contributed by atoms with Crippen molar-refractivity contribution in [1.29, 1.82) is 0 Å². The smallest absolute Gasteiger partial charge is 0.242 e. The summed E-state index contributed by atoms with van der Waals surface area (Å²) in [5.74, 6) is 0.960. The first-order valence-electron chi connectivity index (χ1n) is 6.06. The van der Waals surface area contributed by atoms with Gasteiger partial charge in [-0.25, -0.2) is 13.1 Å². The molecule has 3 N–H and O–H groups in total. The monoisotopic (exact) mass is 286 g/mol. The van der Waals surface area contributed by atoms with E-state index in [4.69, 9.17) is 15.2 Å². The van der Waals surface area contributed by atoms with Crippen molar-refractivity contribution in [2.75, 3.05) is 32.6 Å². The lowest BCUT2D eigenvalue weighted by Gasteiger charge is -2.12. The fourth-order valence-electron chi connectivity index (χ4n) is 1.90. The van der Waals surface area contributed by atoms with Crippen molar-refractivity contribution in [2.24, 2.45) is 5.92 Å². The molecule has 1 heterocycles. The summed E-state index contributed by atoms with van der Waals surface area (Å²) in [6.07, 6.45) is 0.988. The van der Waals surface area contributed by atoms with E-state index in [1.165, 1.54) is 19.2 Å². The van der Waals surface area contributed by atoms with Gasteiger partial charge in [0.05, 0.1) is 18.9 Å². The Morgan fingerprint density at radius 2 is 2.32 bits per heavy atom. The summed E-state index contributed by atoms with van der Waals surface area (Å²) < 4.78 is 36.4. The summed E-state index contributed by atoms with van der Waals surface area (Å²) >= 11 is 0. The van der Waals surface area contributed by atoms with Gasteiger partial charge in [-0.1, -0.05) is 0 Å². The lowest BCUT2D eigenvalue weighted by atomic mass is 10.1. The fraction of sp³-hybridized carbons (Fsp3) is 0.500. The molecular weight excluding hydrogens is 268 g/mol. The van der Waals surface area contributed by atoms with Crippen LogP contribution in [0.4, 0.5) is 5.69 Å². The van der Waals surface area contributed by atoms with Crippen LogP contribution in [-0.2, 0) is 14.8 Å². The first kappa shape index (κ1) is 14.1. The average molecular weight is 286 g/mol. The minimum absolute atomic E-state index is 0.0616. The molecule has 1 aromatic rings. The molecule has 1 saturated heterocycles. The van der Waals surface area contributed by atoms with Crippen molar-refractivity contribution < 1.29 is 17.9 Å². The highest BCUT2D eigenvalue weighted by molar-refractivity contribution is 7.89. The number of benzene rings is 1. The molecule has 2 rings (SSSR count). The minimum atomic E-state index is -3.53. The van der Waals surface area contributed by atoms with E-state index < -0.39 is 10.0 Å². The summed E-state index contributed by atoms with van der Waals surface area (Å²) in [7, 11) is -2.18. The fourth-order valence-corrected chi connectivity index (χ4v) is 2.74. The van der Waals surface area contributed by atoms with Crippen molar-refractivity contribution in [2.45, 2.75) is 11.3 Å². The van der Waals surface area contributed by atoms with Gasteiger partial charge in [-0.15, -0.1) is 0 Å². The Morgan fingerprint density at radius 1 is 1.53 bits per heavy atom. The third-order valence-corrected chi connectivity index (χ3v) is 4.54. The molecule has 7 heteroatoms. The predicted octanol–water partition coefficient (Wildman–Crippen LogP) is 0.592. The number of sulfonamides is 1. The third kappa shape index (κ3) is 3.37. The SMILES string of the molecule is CNS(=O)(=O)c1ccc(OCC2CCOC2)cc1N. The normalized spacial score (nSPS) is 19.5. The highest BCUT2D eigenvalue weighted by Crippen LogP contribution is 2.24. The van der Waals surface area contributed by atoms with Gasteiger partial charge in [0, 0.05) is 18.6 Å². The van der Waals surface area contributed by atoms with Crippen LogP contribution in [0.5, 0.6) is 5.75 Å². The van der Waals surface area contributed by atoms with Crippen LogP contribution in [0, 0.1) is 5.92 Å². The molecule has 0 spiro atoms. The lowest BCUT2D eigenvalue weighted by molar-refractivity contribution is 0.167. The van der Waals surface area contributed by atoms with Gasteiger partial charge < -0.3 is 15.2 Å². The van der Waals surface area contributed by atoms with Crippen molar-refractivity contribution in [3.63, 3.8) is 0 Å². The van der Waals surface area contributed by atoms with Crippen LogP contribution in [0.2, 0.25) is 0 Å². The zero-order valence-corrected chi connectivity index (χ0v) is 11.6. The molecule has 1 atom stereocenters. The molecule has 0 aliphatic carbocycles. The number of ether oxygens (including phenoxy) is 2. The molecule has 19 heavy (non-hydrogen) atoms. The number of nitrogens with one attached hydrogen (secondary N) is 1. The average Bonchev–Trinajstić information content (AvgIpc) is 2.89. The number of nitrogen functional groups attached to an aromatic ring is 1. The quantitative estimate of drug-likeness (QED) is 0.773.